The van der Waals surface area contributed by atoms with Crippen molar-refractivity contribution >= 4 is 49.8 Å². The molecule has 1 aromatic heterocycles. The van der Waals surface area contributed by atoms with Gasteiger partial charge in [0.25, 0.3) is 0 Å². The number of para-hydroxylation sites is 2. The number of nitrogens with zero attached hydrogens (tertiary/aromatic N) is 1. The monoisotopic (exact) mass is 537 g/mol. The second-order valence-electron chi connectivity index (χ2n) is 10.6. The molecule has 8 aromatic rings. The zero-order chi connectivity index (χ0) is 27.9. The molecule has 0 radical (unpaired) electrons. The standard InChI is InChI=1S/C40H27NO/c1-3-12-28(13-4-1)29-22-24-30(25-23-29)31-15-11-18-34(26-31)41(33-16-5-2-6-17-33)37-27-32-14-7-8-19-35(32)39-36-20-9-10-21-38(36)42-40(37)39/h1-27H. The van der Waals surface area contributed by atoms with Gasteiger partial charge in [0, 0.05) is 22.1 Å². The van der Waals surface area contributed by atoms with Gasteiger partial charge < -0.3 is 9.32 Å². The summed E-state index contributed by atoms with van der Waals surface area (Å²) in [5, 5.41) is 4.65. The lowest BCUT2D eigenvalue weighted by molar-refractivity contribution is 0.669. The summed E-state index contributed by atoms with van der Waals surface area (Å²) in [4.78, 5) is 2.32. The van der Waals surface area contributed by atoms with Crippen LogP contribution in [0.5, 0.6) is 0 Å². The van der Waals surface area contributed by atoms with Crippen molar-refractivity contribution < 1.29 is 4.42 Å². The summed E-state index contributed by atoms with van der Waals surface area (Å²) in [7, 11) is 0. The number of rotatable bonds is 5. The highest BCUT2D eigenvalue weighted by Gasteiger charge is 2.21. The quantitative estimate of drug-likeness (QED) is 0.217. The van der Waals surface area contributed by atoms with Crippen molar-refractivity contribution in [2.45, 2.75) is 0 Å². The Kier molecular flexibility index (Phi) is 5.82. The Labute approximate surface area is 244 Å². The van der Waals surface area contributed by atoms with Crippen LogP contribution < -0.4 is 4.90 Å². The van der Waals surface area contributed by atoms with E-state index in [1.807, 2.05) is 6.07 Å². The van der Waals surface area contributed by atoms with E-state index in [1.165, 1.54) is 27.5 Å². The van der Waals surface area contributed by atoms with Gasteiger partial charge in [-0.15, -0.1) is 0 Å². The van der Waals surface area contributed by atoms with Crippen LogP contribution in [0.1, 0.15) is 0 Å². The molecule has 1 heterocycles. The largest absolute Gasteiger partial charge is 0.454 e. The molecule has 0 unspecified atom stereocenters. The van der Waals surface area contributed by atoms with E-state index in [9.17, 15) is 0 Å². The SMILES string of the molecule is c1ccc(-c2ccc(-c3cccc(N(c4ccccc4)c4cc5ccccc5c5c4oc4ccccc45)c3)cc2)cc1. The minimum Gasteiger partial charge on any atom is -0.454 e. The van der Waals surface area contributed by atoms with Crippen molar-refractivity contribution in [1.29, 1.82) is 0 Å². The third kappa shape index (κ3) is 4.13. The number of anilines is 3. The van der Waals surface area contributed by atoms with Crippen molar-refractivity contribution in [3.63, 3.8) is 0 Å². The van der Waals surface area contributed by atoms with Gasteiger partial charge in [0.1, 0.15) is 5.58 Å². The summed E-state index contributed by atoms with van der Waals surface area (Å²) in [6.07, 6.45) is 0. The Morgan fingerprint density at radius 2 is 0.976 bits per heavy atom. The fourth-order valence-corrected chi connectivity index (χ4v) is 6.04. The molecule has 0 amide bonds. The van der Waals surface area contributed by atoms with Crippen molar-refractivity contribution in [2.24, 2.45) is 0 Å². The first-order valence-corrected chi connectivity index (χ1v) is 14.3. The van der Waals surface area contributed by atoms with Gasteiger partial charge in [0.15, 0.2) is 5.58 Å². The van der Waals surface area contributed by atoms with Crippen LogP contribution in [0.15, 0.2) is 168 Å². The van der Waals surface area contributed by atoms with Gasteiger partial charge in [-0.25, -0.2) is 0 Å². The third-order valence-corrected chi connectivity index (χ3v) is 8.04. The molecule has 2 heteroatoms. The summed E-state index contributed by atoms with van der Waals surface area (Å²) in [5.74, 6) is 0. The zero-order valence-corrected chi connectivity index (χ0v) is 22.9. The normalized spacial score (nSPS) is 11.3. The lowest BCUT2D eigenvalue weighted by Crippen LogP contribution is -2.10. The molecule has 0 bridgehead atoms. The van der Waals surface area contributed by atoms with Crippen LogP contribution in [0.25, 0.3) is 55.0 Å². The molecule has 0 atom stereocenters. The maximum atomic E-state index is 6.64. The van der Waals surface area contributed by atoms with E-state index in [0.29, 0.717) is 0 Å². The van der Waals surface area contributed by atoms with E-state index in [0.717, 1.165) is 44.6 Å². The Bertz CT molecular complexity index is 2180. The molecule has 2 nitrogen and oxygen atoms in total. The predicted octanol–water partition coefficient (Wildman–Crippen LogP) is 11.5. The first-order chi connectivity index (χ1) is 20.8. The van der Waals surface area contributed by atoms with E-state index < -0.39 is 0 Å². The molecule has 0 spiro atoms. The van der Waals surface area contributed by atoms with Crippen LogP contribution in [-0.2, 0) is 0 Å². The Morgan fingerprint density at radius 3 is 1.76 bits per heavy atom. The van der Waals surface area contributed by atoms with Crippen molar-refractivity contribution in [3.05, 3.63) is 164 Å². The molecule has 0 saturated heterocycles. The highest BCUT2D eigenvalue weighted by molar-refractivity contribution is 6.23. The van der Waals surface area contributed by atoms with Crippen LogP contribution in [0.2, 0.25) is 0 Å². The topological polar surface area (TPSA) is 16.4 Å². The van der Waals surface area contributed by atoms with Crippen LogP contribution in [0.3, 0.4) is 0 Å². The molecular formula is C40H27NO. The summed E-state index contributed by atoms with van der Waals surface area (Å²) in [6.45, 7) is 0. The predicted molar refractivity (Wildman–Crippen MR) is 177 cm³/mol. The van der Waals surface area contributed by atoms with Gasteiger partial charge in [-0.1, -0.05) is 127 Å². The summed E-state index contributed by atoms with van der Waals surface area (Å²) in [5.41, 5.74) is 9.72. The Morgan fingerprint density at radius 1 is 0.405 bits per heavy atom. The number of benzene rings is 7. The number of hydrogen-bond acceptors (Lipinski definition) is 2. The maximum absolute atomic E-state index is 6.64. The third-order valence-electron chi connectivity index (χ3n) is 8.04. The molecule has 0 saturated carbocycles. The Balaban J connectivity index is 1.32. The molecule has 0 N–H and O–H groups in total. The van der Waals surface area contributed by atoms with Gasteiger partial charge in [-0.3, -0.25) is 0 Å². The van der Waals surface area contributed by atoms with Gasteiger partial charge in [0.2, 0.25) is 0 Å². The summed E-state index contributed by atoms with van der Waals surface area (Å²) in [6, 6.07) is 57.8. The molecule has 0 aliphatic heterocycles. The fourth-order valence-electron chi connectivity index (χ4n) is 6.04. The van der Waals surface area contributed by atoms with E-state index in [2.05, 4.69) is 163 Å². The molecule has 0 aliphatic carbocycles. The smallest absolute Gasteiger partial charge is 0.160 e. The minimum absolute atomic E-state index is 0.886. The molecule has 42 heavy (non-hydrogen) atoms. The number of fused-ring (bicyclic) bond motifs is 5. The van der Waals surface area contributed by atoms with E-state index in [-0.39, 0.29) is 0 Å². The number of furan rings is 1. The molecule has 0 aliphatic rings. The van der Waals surface area contributed by atoms with Gasteiger partial charge in [-0.2, -0.15) is 0 Å². The minimum atomic E-state index is 0.886. The highest BCUT2D eigenvalue weighted by atomic mass is 16.3. The van der Waals surface area contributed by atoms with E-state index >= 15 is 0 Å². The van der Waals surface area contributed by atoms with Crippen LogP contribution in [0.4, 0.5) is 17.1 Å². The first-order valence-electron chi connectivity index (χ1n) is 14.3. The second-order valence-corrected chi connectivity index (χ2v) is 10.6. The average molecular weight is 538 g/mol. The lowest BCUT2D eigenvalue weighted by atomic mass is 9.99. The van der Waals surface area contributed by atoms with Crippen molar-refractivity contribution in [3.8, 4) is 22.3 Å². The summed E-state index contributed by atoms with van der Waals surface area (Å²) >= 11 is 0. The fraction of sp³-hybridized carbons (Fsp3) is 0. The van der Waals surface area contributed by atoms with Crippen molar-refractivity contribution in [2.75, 3.05) is 4.90 Å². The number of hydrogen-bond donors (Lipinski definition) is 0. The van der Waals surface area contributed by atoms with Crippen LogP contribution >= 0.6 is 0 Å². The molecule has 7 aromatic carbocycles. The van der Waals surface area contributed by atoms with Crippen LogP contribution in [0, 0.1) is 0 Å². The first kappa shape index (κ1) is 24.2. The summed E-state index contributed by atoms with van der Waals surface area (Å²) < 4.78 is 6.64. The van der Waals surface area contributed by atoms with E-state index in [1.54, 1.807) is 0 Å². The zero-order valence-electron chi connectivity index (χ0n) is 22.9. The molecule has 198 valence electrons. The Hall–Kier alpha value is -5.60. The van der Waals surface area contributed by atoms with E-state index in [4.69, 9.17) is 4.42 Å². The van der Waals surface area contributed by atoms with Crippen LogP contribution in [-0.4, -0.2) is 0 Å². The lowest BCUT2D eigenvalue weighted by Gasteiger charge is -2.26. The van der Waals surface area contributed by atoms with Crippen molar-refractivity contribution in [1.82, 2.24) is 0 Å². The maximum Gasteiger partial charge on any atom is 0.160 e. The highest BCUT2D eigenvalue weighted by Crippen LogP contribution is 2.45. The average Bonchev–Trinajstić information content (AvgIpc) is 3.46. The molecule has 8 rings (SSSR count). The van der Waals surface area contributed by atoms with Gasteiger partial charge >= 0.3 is 0 Å². The second kappa shape index (κ2) is 10.1. The van der Waals surface area contributed by atoms with Gasteiger partial charge in [0.05, 0.1) is 5.69 Å². The molecule has 0 fully saturated rings. The molecular weight excluding hydrogens is 510 g/mol. The van der Waals surface area contributed by atoms with Gasteiger partial charge in [-0.05, 0) is 69.4 Å².